The zero-order chi connectivity index (χ0) is 13.1. The Bertz CT molecular complexity index is 441. The van der Waals surface area contributed by atoms with Gasteiger partial charge in [-0.3, -0.25) is 4.79 Å². The maximum atomic E-state index is 12.1. The average Bonchev–Trinajstić information content (AvgIpc) is 2.85. The van der Waals surface area contributed by atoms with Crippen molar-refractivity contribution in [2.24, 2.45) is 0 Å². The summed E-state index contributed by atoms with van der Waals surface area (Å²) in [5, 5.41) is 0.679. The monoisotopic (exact) mass is 267 g/mol. The molecule has 0 radical (unpaired) electrons. The molecule has 0 unspecified atom stereocenters. The molecule has 0 bridgehead atoms. The number of ether oxygens (including phenoxy) is 1. The maximum Gasteiger partial charge on any atom is 0.263 e. The van der Waals surface area contributed by atoms with Crippen molar-refractivity contribution >= 4 is 17.5 Å². The first-order valence-electron chi connectivity index (χ1n) is 6.29. The van der Waals surface area contributed by atoms with Crippen LogP contribution in [-0.4, -0.2) is 30.0 Å². The van der Waals surface area contributed by atoms with Crippen molar-refractivity contribution in [3.63, 3.8) is 0 Å². The first-order chi connectivity index (χ1) is 8.58. The number of likely N-dealkylation sites (tertiary alicyclic amines) is 1. The van der Waals surface area contributed by atoms with E-state index in [0.717, 1.165) is 37.2 Å². The maximum absolute atomic E-state index is 12.1. The fourth-order valence-corrected chi connectivity index (χ4v) is 2.41. The number of aryl methyl sites for hydroxylation is 1. The molecule has 1 aromatic carbocycles. The number of hydrogen-bond donors (Lipinski definition) is 0. The number of halogens is 1. The Morgan fingerprint density at radius 3 is 2.67 bits per heavy atom. The number of hydrogen-bond acceptors (Lipinski definition) is 2. The topological polar surface area (TPSA) is 29.5 Å². The van der Waals surface area contributed by atoms with E-state index in [1.165, 1.54) is 0 Å². The third-order valence-corrected chi connectivity index (χ3v) is 3.44. The number of benzene rings is 1. The molecule has 0 aliphatic carbocycles. The molecule has 1 aliphatic rings. The van der Waals surface area contributed by atoms with Crippen molar-refractivity contribution in [3.8, 4) is 5.75 Å². The fourth-order valence-electron chi connectivity index (χ4n) is 2.18. The number of carbonyl (C=O) groups excluding carboxylic acids is 1. The van der Waals surface area contributed by atoms with Gasteiger partial charge in [-0.05, 0) is 50.5 Å². The van der Waals surface area contributed by atoms with Crippen LogP contribution in [0.5, 0.6) is 5.75 Å². The Kier molecular flexibility index (Phi) is 4.12. The molecule has 1 aromatic rings. The summed E-state index contributed by atoms with van der Waals surface area (Å²) in [5.41, 5.74) is 0.948. The first kappa shape index (κ1) is 13.2. The van der Waals surface area contributed by atoms with Crippen LogP contribution in [0, 0.1) is 6.92 Å². The summed E-state index contributed by atoms with van der Waals surface area (Å²) in [6.07, 6.45) is 1.75. The van der Waals surface area contributed by atoms with E-state index in [-0.39, 0.29) is 5.91 Å². The summed E-state index contributed by atoms with van der Waals surface area (Å²) in [6, 6.07) is 5.42. The molecule has 0 saturated carbocycles. The van der Waals surface area contributed by atoms with Crippen molar-refractivity contribution < 1.29 is 9.53 Å². The molecular formula is C14H18ClNO2. The smallest absolute Gasteiger partial charge is 0.263 e. The standard InChI is InChI=1S/C14H18ClNO2/c1-10-9-12(15)5-6-13(10)18-11(2)14(17)16-7-3-4-8-16/h5-6,9,11H,3-4,7-8H2,1-2H3/t11-/m0/s1. The van der Waals surface area contributed by atoms with E-state index in [1.807, 2.05) is 24.0 Å². The van der Waals surface area contributed by atoms with E-state index >= 15 is 0 Å². The minimum Gasteiger partial charge on any atom is -0.481 e. The second kappa shape index (κ2) is 5.61. The molecule has 1 atom stereocenters. The third kappa shape index (κ3) is 2.96. The average molecular weight is 268 g/mol. The molecule has 0 spiro atoms. The Hall–Kier alpha value is -1.22. The van der Waals surface area contributed by atoms with E-state index < -0.39 is 6.10 Å². The van der Waals surface area contributed by atoms with E-state index in [4.69, 9.17) is 16.3 Å². The van der Waals surface area contributed by atoms with Gasteiger partial charge in [0.1, 0.15) is 5.75 Å². The van der Waals surface area contributed by atoms with Crippen LogP contribution in [-0.2, 0) is 4.79 Å². The van der Waals surface area contributed by atoms with Gasteiger partial charge in [0, 0.05) is 18.1 Å². The Morgan fingerprint density at radius 2 is 2.06 bits per heavy atom. The molecule has 1 saturated heterocycles. The highest BCUT2D eigenvalue weighted by molar-refractivity contribution is 6.30. The SMILES string of the molecule is Cc1cc(Cl)ccc1O[C@@H](C)C(=O)N1CCCC1. The molecule has 18 heavy (non-hydrogen) atoms. The molecule has 1 amide bonds. The van der Waals surface area contributed by atoms with Gasteiger partial charge in [0.15, 0.2) is 6.10 Å². The van der Waals surface area contributed by atoms with Gasteiger partial charge in [-0.15, -0.1) is 0 Å². The second-order valence-corrected chi connectivity index (χ2v) is 5.14. The van der Waals surface area contributed by atoms with Crippen molar-refractivity contribution in [1.29, 1.82) is 0 Å². The fraction of sp³-hybridized carbons (Fsp3) is 0.500. The number of nitrogens with zero attached hydrogens (tertiary/aromatic N) is 1. The molecule has 1 heterocycles. The second-order valence-electron chi connectivity index (χ2n) is 4.70. The highest BCUT2D eigenvalue weighted by Crippen LogP contribution is 2.23. The van der Waals surface area contributed by atoms with Crippen molar-refractivity contribution in [2.75, 3.05) is 13.1 Å². The Labute approximate surface area is 113 Å². The predicted molar refractivity (Wildman–Crippen MR) is 72.1 cm³/mol. The van der Waals surface area contributed by atoms with Gasteiger partial charge in [0.05, 0.1) is 0 Å². The largest absolute Gasteiger partial charge is 0.481 e. The summed E-state index contributed by atoms with van der Waals surface area (Å²) in [6.45, 7) is 5.43. The normalized spacial score (nSPS) is 16.7. The molecule has 2 rings (SSSR count). The van der Waals surface area contributed by atoms with Crippen LogP contribution in [0.15, 0.2) is 18.2 Å². The molecule has 0 N–H and O–H groups in total. The van der Waals surface area contributed by atoms with E-state index in [2.05, 4.69) is 0 Å². The van der Waals surface area contributed by atoms with Gasteiger partial charge in [0.25, 0.3) is 5.91 Å². The number of carbonyl (C=O) groups is 1. The quantitative estimate of drug-likeness (QED) is 0.842. The van der Waals surface area contributed by atoms with Gasteiger partial charge in [-0.2, -0.15) is 0 Å². The van der Waals surface area contributed by atoms with Crippen LogP contribution in [0.2, 0.25) is 5.02 Å². The molecule has 1 aliphatic heterocycles. The molecule has 3 nitrogen and oxygen atoms in total. The highest BCUT2D eigenvalue weighted by Gasteiger charge is 2.24. The first-order valence-corrected chi connectivity index (χ1v) is 6.67. The van der Waals surface area contributed by atoms with Crippen LogP contribution in [0.1, 0.15) is 25.3 Å². The summed E-state index contributed by atoms with van der Waals surface area (Å²) in [7, 11) is 0. The van der Waals surface area contributed by atoms with Crippen molar-refractivity contribution in [2.45, 2.75) is 32.8 Å². The summed E-state index contributed by atoms with van der Waals surface area (Å²) in [4.78, 5) is 14.0. The van der Waals surface area contributed by atoms with Gasteiger partial charge >= 0.3 is 0 Å². The molecule has 1 fully saturated rings. The molecule has 0 aromatic heterocycles. The highest BCUT2D eigenvalue weighted by atomic mass is 35.5. The van der Waals surface area contributed by atoms with E-state index in [0.29, 0.717) is 5.02 Å². The lowest BCUT2D eigenvalue weighted by atomic mass is 10.2. The van der Waals surface area contributed by atoms with E-state index in [1.54, 1.807) is 13.0 Å². The lowest BCUT2D eigenvalue weighted by molar-refractivity contribution is -0.136. The predicted octanol–water partition coefficient (Wildman–Crippen LogP) is 3.04. The number of rotatable bonds is 3. The molecule has 4 heteroatoms. The van der Waals surface area contributed by atoms with Gasteiger partial charge in [-0.25, -0.2) is 0 Å². The summed E-state index contributed by atoms with van der Waals surface area (Å²) in [5.74, 6) is 0.793. The van der Waals surface area contributed by atoms with Crippen LogP contribution < -0.4 is 4.74 Å². The van der Waals surface area contributed by atoms with Crippen LogP contribution in [0.25, 0.3) is 0 Å². The van der Waals surface area contributed by atoms with Crippen LogP contribution in [0.4, 0.5) is 0 Å². The Morgan fingerprint density at radius 1 is 1.39 bits per heavy atom. The van der Waals surface area contributed by atoms with Crippen LogP contribution in [0.3, 0.4) is 0 Å². The zero-order valence-electron chi connectivity index (χ0n) is 10.8. The minimum absolute atomic E-state index is 0.0712. The van der Waals surface area contributed by atoms with Crippen molar-refractivity contribution in [1.82, 2.24) is 4.90 Å². The third-order valence-electron chi connectivity index (χ3n) is 3.21. The van der Waals surface area contributed by atoms with Crippen LogP contribution >= 0.6 is 11.6 Å². The van der Waals surface area contributed by atoms with E-state index in [9.17, 15) is 4.79 Å². The molecular weight excluding hydrogens is 250 g/mol. The minimum atomic E-state index is -0.442. The van der Waals surface area contributed by atoms with Gasteiger partial charge in [0.2, 0.25) is 0 Å². The molecule has 98 valence electrons. The lowest BCUT2D eigenvalue weighted by Crippen LogP contribution is -2.38. The number of amides is 1. The summed E-state index contributed by atoms with van der Waals surface area (Å²) >= 11 is 5.89. The van der Waals surface area contributed by atoms with Crippen molar-refractivity contribution in [3.05, 3.63) is 28.8 Å². The lowest BCUT2D eigenvalue weighted by Gasteiger charge is -2.22. The summed E-state index contributed by atoms with van der Waals surface area (Å²) < 4.78 is 5.72. The van der Waals surface area contributed by atoms with Gasteiger partial charge in [-0.1, -0.05) is 11.6 Å². The van der Waals surface area contributed by atoms with Gasteiger partial charge < -0.3 is 9.64 Å². The zero-order valence-corrected chi connectivity index (χ0v) is 11.5. The Balaban J connectivity index is 2.01.